The number of halogens is 4. The van der Waals surface area contributed by atoms with Gasteiger partial charge in [-0.15, -0.1) is 0 Å². The smallest absolute Gasteiger partial charge is 0.421 e. The van der Waals surface area contributed by atoms with Gasteiger partial charge in [-0.3, -0.25) is 14.4 Å². The lowest BCUT2D eigenvalue weighted by Crippen LogP contribution is -2.52. The molecule has 1 saturated heterocycles. The van der Waals surface area contributed by atoms with Crippen molar-refractivity contribution in [3.05, 3.63) is 45.3 Å². The number of hydrogen-bond donors (Lipinski definition) is 1. The van der Waals surface area contributed by atoms with Gasteiger partial charge in [0.25, 0.3) is 0 Å². The molecule has 2 aliphatic carbocycles. The third-order valence-corrected chi connectivity index (χ3v) is 10.5. The average Bonchev–Trinajstić information content (AvgIpc) is 3.48. The van der Waals surface area contributed by atoms with E-state index in [9.17, 15) is 32.7 Å². The van der Waals surface area contributed by atoms with Crippen LogP contribution in [0.3, 0.4) is 0 Å². The summed E-state index contributed by atoms with van der Waals surface area (Å²) in [6, 6.07) is 2.42. The highest BCUT2D eigenvalue weighted by Crippen LogP contribution is 2.54. The van der Waals surface area contributed by atoms with E-state index in [0.29, 0.717) is 54.8 Å². The Labute approximate surface area is 257 Å². The van der Waals surface area contributed by atoms with Crippen LogP contribution in [-0.2, 0) is 33.6 Å². The molecule has 1 aromatic carbocycles. The molecule has 44 heavy (non-hydrogen) atoms. The predicted octanol–water partition coefficient (Wildman–Crippen LogP) is 5.95. The number of fused-ring (bicyclic) bond motifs is 1. The third kappa shape index (κ3) is 5.32. The first-order valence-corrected chi connectivity index (χ1v) is 15.4. The van der Waals surface area contributed by atoms with Gasteiger partial charge in [-0.05, 0) is 69.1 Å². The van der Waals surface area contributed by atoms with Gasteiger partial charge in [0.1, 0.15) is 29.4 Å². The summed E-state index contributed by atoms with van der Waals surface area (Å²) in [5, 5.41) is 14.1. The molecular weight excluding hydrogens is 603 g/mol. The van der Waals surface area contributed by atoms with E-state index < -0.39 is 47.4 Å². The maximum Gasteiger partial charge on any atom is 0.421 e. The molecule has 2 aromatic rings. The van der Waals surface area contributed by atoms with Crippen LogP contribution in [0, 0.1) is 23.7 Å². The number of carbonyl (C=O) groups is 3. The second-order valence-electron chi connectivity index (χ2n) is 13.1. The lowest BCUT2D eigenvalue weighted by molar-refractivity contribution is -0.162. The van der Waals surface area contributed by atoms with E-state index in [-0.39, 0.29) is 41.8 Å². The number of aromatic nitrogens is 1. The minimum Gasteiger partial charge on any atom is -0.487 e. The Hall–Kier alpha value is -3.28. The Morgan fingerprint density at radius 2 is 1.98 bits per heavy atom. The summed E-state index contributed by atoms with van der Waals surface area (Å²) in [6.45, 7) is 3.20. The maximum absolute atomic E-state index is 14.4. The van der Waals surface area contributed by atoms with Gasteiger partial charge in [-0.2, -0.15) is 13.2 Å². The van der Waals surface area contributed by atoms with Gasteiger partial charge in [0.15, 0.2) is 0 Å². The van der Waals surface area contributed by atoms with Crippen LogP contribution in [-0.4, -0.2) is 57.5 Å². The standard InChI is InChI=1S/C31H35ClF3N3O6/c1-17-26(31(33,34)35)21(36-44-17)15-43-23-7-6-20(32)18-8-12-38(27(40)19-5-3-4-9-29(19,2)28(41)42)22(25(18)23)14-37-16-30(10-11-30)13-24(37)39/h6-7,19,22H,3-5,8-16H2,1-2H3,(H,41,42)/t19?,22?,29-/m0/s1. The van der Waals surface area contributed by atoms with Crippen LogP contribution in [0.25, 0.3) is 0 Å². The minimum absolute atomic E-state index is 0.0209. The van der Waals surface area contributed by atoms with Gasteiger partial charge in [0.2, 0.25) is 11.8 Å². The minimum atomic E-state index is -4.69. The molecule has 9 nitrogen and oxygen atoms in total. The van der Waals surface area contributed by atoms with Crippen LogP contribution in [0.4, 0.5) is 13.2 Å². The number of rotatable bonds is 7. The summed E-state index contributed by atoms with van der Waals surface area (Å²) in [5.74, 6) is -2.27. The number of aryl methyl sites for hydroxylation is 1. The maximum atomic E-state index is 14.4. The number of benzene rings is 1. The molecule has 0 radical (unpaired) electrons. The molecule has 2 unspecified atom stereocenters. The van der Waals surface area contributed by atoms with Crippen LogP contribution >= 0.6 is 11.6 Å². The van der Waals surface area contributed by atoms with Crippen LogP contribution in [0.2, 0.25) is 5.02 Å². The molecule has 2 aliphatic heterocycles. The Morgan fingerprint density at radius 3 is 2.64 bits per heavy atom. The Balaban J connectivity index is 1.38. The molecule has 3 heterocycles. The Bertz CT molecular complexity index is 1510. The Morgan fingerprint density at radius 1 is 1.23 bits per heavy atom. The first kappa shape index (κ1) is 30.7. The van der Waals surface area contributed by atoms with E-state index in [1.54, 1.807) is 28.9 Å². The summed E-state index contributed by atoms with van der Waals surface area (Å²) in [6.07, 6.45) is 0.212. The van der Waals surface area contributed by atoms with Crippen molar-refractivity contribution in [3.8, 4) is 5.75 Å². The number of aliphatic carboxylic acids is 1. The number of carboxylic acid groups (broad SMARTS) is 1. The predicted molar refractivity (Wildman–Crippen MR) is 151 cm³/mol. The lowest BCUT2D eigenvalue weighted by atomic mass is 9.66. The van der Waals surface area contributed by atoms with Gasteiger partial charge in [0.05, 0.1) is 17.4 Å². The van der Waals surface area contributed by atoms with Crippen LogP contribution in [0.5, 0.6) is 5.75 Å². The van der Waals surface area contributed by atoms with Crippen molar-refractivity contribution in [2.75, 3.05) is 19.6 Å². The van der Waals surface area contributed by atoms with Crippen LogP contribution in [0.15, 0.2) is 16.7 Å². The third-order valence-electron chi connectivity index (χ3n) is 10.2. The number of ether oxygens (including phenoxy) is 1. The summed E-state index contributed by atoms with van der Waals surface area (Å²) in [7, 11) is 0. The number of hydrogen-bond acceptors (Lipinski definition) is 6. The van der Waals surface area contributed by atoms with Crippen molar-refractivity contribution < 1.29 is 41.9 Å². The summed E-state index contributed by atoms with van der Waals surface area (Å²) in [5.41, 5.74) is -1.50. The number of carboxylic acids is 1. The molecule has 4 aliphatic rings. The molecule has 6 rings (SSSR count). The monoisotopic (exact) mass is 637 g/mol. The van der Waals surface area contributed by atoms with Crippen LogP contribution < -0.4 is 4.74 Å². The number of nitrogens with zero attached hydrogens (tertiary/aromatic N) is 3. The molecule has 2 amide bonds. The van der Waals surface area contributed by atoms with E-state index in [1.807, 2.05) is 0 Å². The molecule has 0 bridgehead atoms. The molecule has 1 N–H and O–H groups in total. The normalized spacial score (nSPS) is 26.2. The van der Waals surface area contributed by atoms with E-state index in [2.05, 4.69) is 5.16 Å². The topological polar surface area (TPSA) is 113 Å². The number of likely N-dealkylation sites (tertiary alicyclic amines) is 1. The summed E-state index contributed by atoms with van der Waals surface area (Å²) < 4.78 is 52.0. The first-order chi connectivity index (χ1) is 20.7. The zero-order valence-corrected chi connectivity index (χ0v) is 25.4. The second-order valence-corrected chi connectivity index (χ2v) is 13.5. The zero-order valence-electron chi connectivity index (χ0n) is 24.6. The Kier molecular flexibility index (Phi) is 7.65. The van der Waals surface area contributed by atoms with Crippen molar-refractivity contribution in [2.24, 2.45) is 16.7 Å². The molecule has 2 saturated carbocycles. The van der Waals surface area contributed by atoms with E-state index >= 15 is 0 Å². The SMILES string of the molecule is Cc1onc(COc2ccc(Cl)c3c2C(CN2CC4(CC4)CC2=O)N(C(=O)C2CCCC[C@]2(C)C(=O)O)CC3)c1C(F)(F)F. The van der Waals surface area contributed by atoms with Crippen LogP contribution in [0.1, 0.15) is 86.1 Å². The van der Waals surface area contributed by atoms with Crippen molar-refractivity contribution in [1.29, 1.82) is 0 Å². The molecule has 3 atom stereocenters. The summed E-state index contributed by atoms with van der Waals surface area (Å²) in [4.78, 5) is 43.3. The number of amides is 2. The van der Waals surface area contributed by atoms with Crippen molar-refractivity contribution >= 4 is 29.4 Å². The quantitative estimate of drug-likeness (QED) is 0.399. The number of carbonyl (C=O) groups excluding carboxylic acids is 2. The fourth-order valence-corrected chi connectivity index (χ4v) is 7.70. The summed E-state index contributed by atoms with van der Waals surface area (Å²) >= 11 is 6.66. The van der Waals surface area contributed by atoms with Gasteiger partial charge in [-0.1, -0.05) is 29.6 Å². The van der Waals surface area contributed by atoms with E-state index in [4.69, 9.17) is 20.9 Å². The fourth-order valence-electron chi connectivity index (χ4n) is 7.44. The van der Waals surface area contributed by atoms with Gasteiger partial charge in [-0.25, -0.2) is 0 Å². The molecule has 1 aromatic heterocycles. The van der Waals surface area contributed by atoms with Crippen molar-refractivity contribution in [2.45, 2.75) is 84.0 Å². The van der Waals surface area contributed by atoms with Gasteiger partial charge < -0.3 is 24.2 Å². The van der Waals surface area contributed by atoms with E-state index in [1.165, 1.54) is 6.92 Å². The largest absolute Gasteiger partial charge is 0.487 e. The lowest BCUT2D eigenvalue weighted by Gasteiger charge is -2.45. The van der Waals surface area contributed by atoms with Gasteiger partial charge in [0, 0.05) is 36.6 Å². The van der Waals surface area contributed by atoms with Crippen molar-refractivity contribution in [1.82, 2.24) is 15.0 Å². The molecule has 13 heteroatoms. The number of alkyl halides is 3. The molecule has 238 valence electrons. The average molecular weight is 638 g/mol. The molecule has 3 fully saturated rings. The highest BCUT2D eigenvalue weighted by Gasteiger charge is 2.54. The van der Waals surface area contributed by atoms with Crippen molar-refractivity contribution in [3.63, 3.8) is 0 Å². The van der Waals surface area contributed by atoms with E-state index in [0.717, 1.165) is 19.3 Å². The zero-order chi connectivity index (χ0) is 31.6. The van der Waals surface area contributed by atoms with Gasteiger partial charge >= 0.3 is 12.1 Å². The fraction of sp³-hybridized carbons (Fsp3) is 0.613. The molecule has 1 spiro atoms. The first-order valence-electron chi connectivity index (χ1n) is 15.0. The molecular formula is C31H35ClF3N3O6. The highest BCUT2D eigenvalue weighted by molar-refractivity contribution is 6.31. The second kappa shape index (κ2) is 11.0. The highest BCUT2D eigenvalue weighted by atomic mass is 35.5.